The summed E-state index contributed by atoms with van der Waals surface area (Å²) in [7, 11) is 0. The lowest BCUT2D eigenvalue weighted by molar-refractivity contribution is 0.101. The third-order valence-electron chi connectivity index (χ3n) is 8.87. The molecule has 1 aromatic heterocycles. The number of benzene rings is 3. The third kappa shape index (κ3) is 6.32. The van der Waals surface area contributed by atoms with E-state index in [9.17, 15) is 19.2 Å². The fraction of sp³-hybridized carbons (Fsp3) is 0.297. The zero-order valence-electron chi connectivity index (χ0n) is 26.1. The summed E-state index contributed by atoms with van der Waals surface area (Å²) in [6.45, 7) is 9.94. The van der Waals surface area contributed by atoms with Gasteiger partial charge in [0.2, 0.25) is 0 Å². The molecule has 2 bridgehead atoms. The predicted octanol–water partition coefficient (Wildman–Crippen LogP) is 6.48. The van der Waals surface area contributed by atoms with Gasteiger partial charge >= 0.3 is 0 Å². The van der Waals surface area contributed by atoms with Crippen LogP contribution >= 0.6 is 0 Å². The zero-order valence-corrected chi connectivity index (χ0v) is 26.1. The molecule has 2 atom stereocenters. The summed E-state index contributed by atoms with van der Waals surface area (Å²) in [5.41, 5.74) is 5.44. The molecule has 0 radical (unpaired) electrons. The smallest absolute Gasteiger partial charge is 0.255 e. The van der Waals surface area contributed by atoms with Gasteiger partial charge in [0.15, 0.2) is 5.78 Å². The molecular formula is C37H38N4O4. The molecule has 0 saturated carbocycles. The van der Waals surface area contributed by atoms with E-state index in [-0.39, 0.29) is 40.4 Å². The molecule has 1 fully saturated rings. The number of piperidine rings is 1. The molecule has 2 amide bonds. The minimum atomic E-state index is -0.351. The van der Waals surface area contributed by atoms with Crippen molar-refractivity contribution in [2.24, 2.45) is 5.92 Å². The van der Waals surface area contributed by atoms with E-state index in [1.807, 2.05) is 47.0 Å². The number of ketones is 1. The zero-order chi connectivity index (χ0) is 31.9. The Kier molecular flexibility index (Phi) is 7.91. The molecular weight excluding hydrogens is 564 g/mol. The van der Waals surface area contributed by atoms with Crippen molar-refractivity contribution < 1.29 is 14.4 Å². The lowest BCUT2D eigenvalue weighted by Crippen LogP contribution is -2.47. The van der Waals surface area contributed by atoms with Crippen molar-refractivity contribution in [3.05, 3.63) is 123 Å². The van der Waals surface area contributed by atoms with E-state index in [0.29, 0.717) is 41.2 Å². The maximum absolute atomic E-state index is 13.6. The lowest BCUT2D eigenvalue weighted by Gasteiger charge is -2.44. The fourth-order valence-corrected chi connectivity index (χ4v) is 6.48. The number of hydrogen-bond acceptors (Lipinski definition) is 5. The predicted molar refractivity (Wildman–Crippen MR) is 178 cm³/mol. The van der Waals surface area contributed by atoms with Crippen molar-refractivity contribution >= 4 is 34.7 Å². The van der Waals surface area contributed by atoms with Gasteiger partial charge in [0.05, 0.1) is 11.4 Å². The Bertz CT molecular complexity index is 1850. The number of Topliss-reactive ketones (excluding diaryl/α,β-unsaturated/α-hetero) is 1. The van der Waals surface area contributed by atoms with Gasteiger partial charge in [-0.3, -0.25) is 19.2 Å². The highest BCUT2D eigenvalue weighted by Crippen LogP contribution is 2.39. The van der Waals surface area contributed by atoms with E-state index in [0.717, 1.165) is 29.9 Å². The first-order chi connectivity index (χ1) is 21.5. The molecule has 0 aliphatic carbocycles. The number of nitrogens with one attached hydrogen (secondary N) is 2. The van der Waals surface area contributed by atoms with Crippen LogP contribution in [0.2, 0.25) is 0 Å². The molecule has 230 valence electrons. The number of amides is 2. The van der Waals surface area contributed by atoms with Crippen molar-refractivity contribution in [1.29, 1.82) is 0 Å². The van der Waals surface area contributed by atoms with Gasteiger partial charge in [-0.1, -0.05) is 51.1 Å². The van der Waals surface area contributed by atoms with Gasteiger partial charge in [0, 0.05) is 59.7 Å². The average molecular weight is 603 g/mol. The van der Waals surface area contributed by atoms with Gasteiger partial charge in [0.25, 0.3) is 17.4 Å². The Morgan fingerprint density at radius 3 is 2.20 bits per heavy atom. The summed E-state index contributed by atoms with van der Waals surface area (Å²) in [6, 6.07) is 25.2. The van der Waals surface area contributed by atoms with Crippen LogP contribution in [0, 0.1) is 5.92 Å². The largest absolute Gasteiger partial charge is 0.369 e. The van der Waals surface area contributed by atoms with E-state index >= 15 is 0 Å². The van der Waals surface area contributed by atoms with Crippen molar-refractivity contribution in [2.75, 3.05) is 28.6 Å². The molecule has 2 aliphatic rings. The summed E-state index contributed by atoms with van der Waals surface area (Å²) in [5, 5.41) is 5.98. The summed E-state index contributed by atoms with van der Waals surface area (Å²) >= 11 is 0. The monoisotopic (exact) mass is 602 g/mol. The number of aromatic nitrogens is 1. The molecule has 45 heavy (non-hydrogen) atoms. The van der Waals surface area contributed by atoms with Gasteiger partial charge in [-0.05, 0) is 78.8 Å². The van der Waals surface area contributed by atoms with E-state index in [4.69, 9.17) is 0 Å². The molecule has 1 saturated heterocycles. The van der Waals surface area contributed by atoms with Crippen LogP contribution in [0.4, 0.5) is 17.1 Å². The van der Waals surface area contributed by atoms with Gasteiger partial charge < -0.3 is 20.1 Å². The van der Waals surface area contributed by atoms with Crippen LogP contribution in [0.5, 0.6) is 0 Å². The molecule has 4 aromatic rings. The van der Waals surface area contributed by atoms with Gasteiger partial charge in [-0.15, -0.1) is 0 Å². The first-order valence-corrected chi connectivity index (χ1v) is 15.4. The number of carbonyl (C=O) groups excluding carboxylic acids is 3. The van der Waals surface area contributed by atoms with Crippen LogP contribution in [-0.2, 0) is 12.0 Å². The van der Waals surface area contributed by atoms with E-state index in [1.165, 1.54) is 6.92 Å². The second kappa shape index (κ2) is 11.8. The van der Waals surface area contributed by atoms with Crippen LogP contribution in [-0.4, -0.2) is 35.3 Å². The molecule has 2 aliphatic heterocycles. The van der Waals surface area contributed by atoms with E-state index in [1.54, 1.807) is 42.5 Å². The van der Waals surface area contributed by atoms with E-state index in [2.05, 4.69) is 36.3 Å². The number of pyridine rings is 1. The maximum Gasteiger partial charge on any atom is 0.255 e. The first kappa shape index (κ1) is 30.1. The van der Waals surface area contributed by atoms with Crippen molar-refractivity contribution in [2.45, 2.75) is 52.0 Å². The third-order valence-corrected chi connectivity index (χ3v) is 8.87. The minimum absolute atomic E-state index is 0.0327. The van der Waals surface area contributed by atoms with Crippen molar-refractivity contribution in [3.63, 3.8) is 0 Å². The SMILES string of the molecule is CC(=O)c1cccc(NC(=O)c2ccc(N3C[C@H]4C[C@@H](C3)c3cccc(=O)n3C4)c(NC(=O)c3ccc(C(C)(C)C)cc3)c2)c1. The highest BCUT2D eigenvalue weighted by molar-refractivity contribution is 6.09. The standard InChI is InChI=1S/C37H38N4O4/c1-23(42)26-7-5-8-30(18-26)38-36(45)27-13-16-33(31(19-27)39-35(44)25-11-14-29(15-12-25)37(2,3)4)40-20-24-17-28(22-40)32-9-6-10-34(43)41(32)21-24/h5-16,18-19,24,28H,17,20-22H2,1-4H3,(H,38,45)(H,39,44)/t24-,28+/m1/s1. The Morgan fingerprint density at radius 1 is 0.756 bits per heavy atom. The first-order valence-electron chi connectivity index (χ1n) is 15.4. The molecule has 0 unspecified atom stereocenters. The molecule has 3 heterocycles. The summed E-state index contributed by atoms with van der Waals surface area (Å²) < 4.78 is 1.90. The summed E-state index contributed by atoms with van der Waals surface area (Å²) in [5.74, 6) is -0.249. The van der Waals surface area contributed by atoms with Gasteiger partial charge in [-0.2, -0.15) is 0 Å². The number of rotatable bonds is 6. The molecule has 2 N–H and O–H groups in total. The van der Waals surface area contributed by atoms with Crippen LogP contribution in [0.15, 0.2) is 89.7 Å². The lowest BCUT2D eigenvalue weighted by atomic mass is 9.83. The second-order valence-electron chi connectivity index (χ2n) is 13.2. The summed E-state index contributed by atoms with van der Waals surface area (Å²) in [6.07, 6.45) is 1.00. The van der Waals surface area contributed by atoms with Crippen molar-refractivity contribution in [1.82, 2.24) is 4.57 Å². The number of nitrogens with zero attached hydrogens (tertiary/aromatic N) is 2. The Balaban J connectivity index is 1.32. The van der Waals surface area contributed by atoms with Gasteiger partial charge in [0.1, 0.15) is 0 Å². The molecule has 3 aromatic carbocycles. The number of carbonyl (C=O) groups is 3. The van der Waals surface area contributed by atoms with Crippen LogP contribution in [0.1, 0.15) is 82.4 Å². The van der Waals surface area contributed by atoms with Crippen LogP contribution in [0.3, 0.4) is 0 Å². The topological polar surface area (TPSA) is 101 Å². The average Bonchev–Trinajstić information content (AvgIpc) is 3.01. The van der Waals surface area contributed by atoms with Crippen LogP contribution < -0.4 is 21.1 Å². The van der Waals surface area contributed by atoms with E-state index < -0.39 is 0 Å². The minimum Gasteiger partial charge on any atom is -0.369 e. The normalized spacial score (nSPS) is 17.3. The van der Waals surface area contributed by atoms with Crippen molar-refractivity contribution in [3.8, 4) is 0 Å². The Labute approximate surface area is 263 Å². The highest BCUT2D eigenvalue weighted by atomic mass is 16.2. The number of fused-ring (bicyclic) bond motifs is 4. The Hall–Kier alpha value is -4.98. The van der Waals surface area contributed by atoms with Gasteiger partial charge in [-0.25, -0.2) is 0 Å². The summed E-state index contributed by atoms with van der Waals surface area (Å²) in [4.78, 5) is 53.7. The molecule has 8 nitrogen and oxygen atoms in total. The molecule has 8 heteroatoms. The number of hydrogen-bond donors (Lipinski definition) is 2. The Morgan fingerprint density at radius 2 is 1.47 bits per heavy atom. The molecule has 0 spiro atoms. The fourth-order valence-electron chi connectivity index (χ4n) is 6.48. The molecule has 6 rings (SSSR count). The van der Waals surface area contributed by atoms with Crippen LogP contribution in [0.25, 0.3) is 0 Å². The highest BCUT2D eigenvalue weighted by Gasteiger charge is 2.35. The quantitative estimate of drug-likeness (QED) is 0.246. The second-order valence-corrected chi connectivity index (χ2v) is 13.2. The maximum atomic E-state index is 13.6. The number of anilines is 3.